The Morgan fingerprint density at radius 3 is 2.06 bits per heavy atom. The van der Waals surface area contributed by atoms with Gasteiger partial charge in [-0.1, -0.05) is 49.6 Å². The second-order valence-corrected chi connectivity index (χ2v) is 4.81. The van der Waals surface area contributed by atoms with Crippen LogP contribution in [-0.4, -0.2) is 31.0 Å². The molecule has 0 atom stereocenters. The summed E-state index contributed by atoms with van der Waals surface area (Å²) in [7, 11) is 4.30. The van der Waals surface area contributed by atoms with Crippen molar-refractivity contribution in [3.05, 3.63) is 35.9 Å². The average Bonchev–Trinajstić information content (AvgIpc) is 2.29. The normalized spacial score (nSPS) is 10.3. The molecule has 0 radical (unpaired) electrons. The molecule has 0 aliphatic rings. The van der Waals surface area contributed by atoms with Crippen LogP contribution in [0.5, 0.6) is 0 Å². The van der Waals surface area contributed by atoms with E-state index in [2.05, 4.69) is 49.3 Å². The number of unbranched alkanes of at least 4 members (excludes halogenated alkanes) is 4. The van der Waals surface area contributed by atoms with Crippen LogP contribution >= 0.6 is 0 Å². The molecule has 0 aromatic heterocycles. The maximum Gasteiger partial charge on any atom is -0.00248 e. The van der Waals surface area contributed by atoms with Crippen molar-refractivity contribution in [2.45, 2.75) is 38.5 Å². The van der Waals surface area contributed by atoms with E-state index in [1.807, 2.05) is 0 Å². The summed E-state index contributed by atoms with van der Waals surface area (Å²) in [6.07, 6.45) is 8.08. The Labute approximate surface area is 106 Å². The van der Waals surface area contributed by atoms with E-state index in [0.29, 0.717) is 0 Å². The Morgan fingerprint density at radius 1 is 0.824 bits per heavy atom. The van der Waals surface area contributed by atoms with Gasteiger partial charge in [-0.3, -0.25) is 0 Å². The summed E-state index contributed by atoms with van der Waals surface area (Å²) in [5.74, 6) is 0. The van der Waals surface area contributed by atoms with Crippen LogP contribution in [0, 0.1) is 0 Å². The number of hydrogen-bond acceptors (Lipinski definition) is 1. The molecular weight excluding hydrogens is 210 g/mol. The molecular formula is C15H27NO. The summed E-state index contributed by atoms with van der Waals surface area (Å²) in [4.78, 5) is 2.27. The van der Waals surface area contributed by atoms with Crippen molar-refractivity contribution in [1.29, 1.82) is 0 Å². The van der Waals surface area contributed by atoms with Crippen LogP contribution < -0.4 is 0 Å². The molecule has 1 aromatic carbocycles. The van der Waals surface area contributed by atoms with Crippen LogP contribution in [0.4, 0.5) is 0 Å². The van der Waals surface area contributed by atoms with Gasteiger partial charge in [0, 0.05) is 0 Å². The Morgan fingerprint density at radius 2 is 1.41 bits per heavy atom. The Hall–Kier alpha value is -0.860. The molecule has 0 aliphatic heterocycles. The van der Waals surface area contributed by atoms with Crippen molar-refractivity contribution in [3.8, 4) is 0 Å². The molecule has 0 spiro atoms. The standard InChI is InChI=1S/C15H25N.H2O/c1-16(2)14-10-5-3-4-7-11-15-12-8-6-9-13-15;/h6,8-9,12-13H,3-5,7,10-11,14H2,1-2H3;1H2. The summed E-state index contributed by atoms with van der Waals surface area (Å²) >= 11 is 0. The predicted octanol–water partition coefficient (Wildman–Crippen LogP) is 2.92. The Kier molecular flexibility index (Phi) is 9.78. The van der Waals surface area contributed by atoms with E-state index in [1.165, 1.54) is 50.6 Å². The monoisotopic (exact) mass is 237 g/mol. The molecule has 0 heterocycles. The summed E-state index contributed by atoms with van der Waals surface area (Å²) in [6.45, 7) is 1.23. The van der Waals surface area contributed by atoms with Gasteiger partial charge >= 0.3 is 0 Å². The van der Waals surface area contributed by atoms with Gasteiger partial charge in [-0.15, -0.1) is 0 Å². The fraction of sp³-hybridized carbons (Fsp3) is 0.600. The summed E-state index contributed by atoms with van der Waals surface area (Å²) in [5.41, 5.74) is 1.48. The zero-order chi connectivity index (χ0) is 11.6. The number of aryl methyl sites for hydroxylation is 1. The maximum absolute atomic E-state index is 2.27. The molecule has 1 rings (SSSR count). The highest BCUT2D eigenvalue weighted by Crippen LogP contribution is 2.08. The van der Waals surface area contributed by atoms with Gasteiger partial charge in [-0.05, 0) is 45.5 Å². The topological polar surface area (TPSA) is 34.7 Å². The lowest BCUT2D eigenvalue weighted by atomic mass is 10.1. The van der Waals surface area contributed by atoms with Crippen LogP contribution in [0.15, 0.2) is 30.3 Å². The van der Waals surface area contributed by atoms with Crippen molar-refractivity contribution >= 4 is 0 Å². The van der Waals surface area contributed by atoms with Gasteiger partial charge in [0.2, 0.25) is 0 Å². The van der Waals surface area contributed by atoms with Crippen LogP contribution in [0.1, 0.15) is 37.7 Å². The van der Waals surface area contributed by atoms with Gasteiger partial charge in [0.05, 0.1) is 0 Å². The van der Waals surface area contributed by atoms with Crippen LogP contribution in [0.3, 0.4) is 0 Å². The highest BCUT2D eigenvalue weighted by Gasteiger charge is 1.94. The Bertz CT molecular complexity index is 259. The van der Waals surface area contributed by atoms with Crippen molar-refractivity contribution < 1.29 is 5.48 Å². The maximum atomic E-state index is 2.27. The number of benzene rings is 1. The van der Waals surface area contributed by atoms with E-state index in [9.17, 15) is 0 Å². The third kappa shape index (κ3) is 8.90. The largest absolute Gasteiger partial charge is 0.412 e. The van der Waals surface area contributed by atoms with E-state index < -0.39 is 0 Å². The second kappa shape index (κ2) is 10.3. The van der Waals surface area contributed by atoms with Crippen LogP contribution in [-0.2, 0) is 6.42 Å². The van der Waals surface area contributed by atoms with Gasteiger partial charge in [-0.25, -0.2) is 0 Å². The zero-order valence-electron chi connectivity index (χ0n) is 11.3. The molecule has 0 saturated carbocycles. The first-order valence-electron chi connectivity index (χ1n) is 6.47. The average molecular weight is 237 g/mol. The van der Waals surface area contributed by atoms with Gasteiger partial charge in [0.1, 0.15) is 0 Å². The first kappa shape index (κ1) is 16.1. The van der Waals surface area contributed by atoms with Crippen molar-refractivity contribution in [1.82, 2.24) is 4.90 Å². The molecule has 0 unspecified atom stereocenters. The van der Waals surface area contributed by atoms with E-state index in [-0.39, 0.29) is 5.48 Å². The van der Waals surface area contributed by atoms with Gasteiger partial charge in [-0.2, -0.15) is 0 Å². The number of hydrogen-bond donors (Lipinski definition) is 0. The highest BCUT2D eigenvalue weighted by atomic mass is 16.0. The quantitative estimate of drug-likeness (QED) is 0.640. The van der Waals surface area contributed by atoms with Gasteiger partial charge < -0.3 is 10.4 Å². The van der Waals surface area contributed by atoms with Crippen molar-refractivity contribution in [2.24, 2.45) is 0 Å². The van der Waals surface area contributed by atoms with Gasteiger partial charge in [0.25, 0.3) is 0 Å². The minimum Gasteiger partial charge on any atom is -0.412 e. The molecule has 2 N–H and O–H groups in total. The molecule has 0 fully saturated rings. The first-order chi connectivity index (χ1) is 7.79. The molecule has 0 bridgehead atoms. The molecule has 98 valence electrons. The molecule has 1 aromatic rings. The van der Waals surface area contributed by atoms with E-state index in [4.69, 9.17) is 0 Å². The lowest BCUT2D eigenvalue weighted by Gasteiger charge is -2.08. The summed E-state index contributed by atoms with van der Waals surface area (Å²) in [6, 6.07) is 10.8. The van der Waals surface area contributed by atoms with E-state index in [1.54, 1.807) is 0 Å². The first-order valence-corrected chi connectivity index (χ1v) is 6.47. The fourth-order valence-corrected chi connectivity index (χ4v) is 1.93. The lowest BCUT2D eigenvalue weighted by molar-refractivity contribution is 0.389. The second-order valence-electron chi connectivity index (χ2n) is 4.81. The molecule has 2 nitrogen and oxygen atoms in total. The fourth-order valence-electron chi connectivity index (χ4n) is 1.93. The van der Waals surface area contributed by atoms with E-state index >= 15 is 0 Å². The van der Waals surface area contributed by atoms with Crippen molar-refractivity contribution in [2.75, 3.05) is 20.6 Å². The molecule has 0 aliphatic carbocycles. The molecule has 0 amide bonds. The van der Waals surface area contributed by atoms with Gasteiger partial charge in [0.15, 0.2) is 0 Å². The number of rotatable bonds is 8. The summed E-state index contributed by atoms with van der Waals surface area (Å²) < 4.78 is 0. The zero-order valence-corrected chi connectivity index (χ0v) is 11.3. The molecule has 17 heavy (non-hydrogen) atoms. The molecule has 2 heteroatoms. The van der Waals surface area contributed by atoms with Crippen LogP contribution in [0.25, 0.3) is 0 Å². The van der Waals surface area contributed by atoms with Crippen molar-refractivity contribution in [3.63, 3.8) is 0 Å². The third-order valence-electron chi connectivity index (χ3n) is 2.91. The lowest BCUT2D eigenvalue weighted by Crippen LogP contribution is -2.12. The van der Waals surface area contributed by atoms with Crippen LogP contribution in [0.2, 0.25) is 0 Å². The SMILES string of the molecule is CN(C)CCCCCCCc1ccccc1.O. The summed E-state index contributed by atoms with van der Waals surface area (Å²) in [5, 5.41) is 0. The highest BCUT2D eigenvalue weighted by molar-refractivity contribution is 5.14. The minimum atomic E-state index is 0. The third-order valence-corrected chi connectivity index (χ3v) is 2.91. The predicted molar refractivity (Wildman–Crippen MR) is 75.4 cm³/mol. The van der Waals surface area contributed by atoms with E-state index in [0.717, 1.165) is 0 Å². The molecule has 0 saturated heterocycles. The number of nitrogens with zero attached hydrogens (tertiary/aromatic N) is 1. The Balaban J connectivity index is 0.00000256. The minimum absolute atomic E-state index is 0. The smallest absolute Gasteiger partial charge is 0.00248 e.